The van der Waals surface area contributed by atoms with Gasteiger partial charge in [0, 0.05) is 38.7 Å². The third-order valence-corrected chi connectivity index (χ3v) is 6.42. The summed E-state index contributed by atoms with van der Waals surface area (Å²) in [5.74, 6) is -0.440. The number of hydrogen-bond acceptors (Lipinski definition) is 6. The lowest BCUT2D eigenvalue weighted by Gasteiger charge is -2.41. The molecule has 32 heavy (non-hydrogen) atoms. The van der Waals surface area contributed by atoms with Crippen LogP contribution in [0.25, 0.3) is 0 Å². The van der Waals surface area contributed by atoms with Gasteiger partial charge in [-0.3, -0.25) is 9.69 Å². The summed E-state index contributed by atoms with van der Waals surface area (Å²) in [6.45, 7) is 7.45. The van der Waals surface area contributed by atoms with Gasteiger partial charge in [0.05, 0.1) is 29.8 Å². The van der Waals surface area contributed by atoms with Gasteiger partial charge in [0.25, 0.3) is 0 Å². The van der Waals surface area contributed by atoms with E-state index in [1.807, 2.05) is 19.4 Å². The number of ether oxygens (including phenoxy) is 1. The second kappa shape index (κ2) is 9.81. The maximum absolute atomic E-state index is 13.3. The van der Waals surface area contributed by atoms with Gasteiger partial charge in [0.15, 0.2) is 0 Å². The molecule has 172 valence electrons. The lowest BCUT2D eigenvalue weighted by atomic mass is 9.74. The van der Waals surface area contributed by atoms with E-state index in [4.69, 9.17) is 9.57 Å². The van der Waals surface area contributed by atoms with E-state index in [0.717, 1.165) is 49.4 Å². The first-order valence-corrected chi connectivity index (χ1v) is 11.4. The highest BCUT2D eigenvalue weighted by Crippen LogP contribution is 2.39. The Morgan fingerprint density at radius 1 is 1.31 bits per heavy atom. The molecule has 0 amide bonds. The zero-order valence-electron chi connectivity index (χ0n) is 18.8. The third kappa shape index (κ3) is 4.85. The highest BCUT2D eigenvalue weighted by Gasteiger charge is 2.46. The molecule has 1 saturated heterocycles. The minimum Gasteiger partial charge on any atom is -0.466 e. The quantitative estimate of drug-likeness (QED) is 0.582. The summed E-state index contributed by atoms with van der Waals surface area (Å²) < 4.78 is 20.9. The van der Waals surface area contributed by atoms with Crippen molar-refractivity contribution in [2.24, 2.45) is 10.6 Å². The van der Waals surface area contributed by atoms with Crippen LogP contribution in [-0.4, -0.2) is 51.9 Å². The molecule has 2 aliphatic heterocycles. The molecule has 0 bridgehead atoms. The summed E-state index contributed by atoms with van der Waals surface area (Å²) in [6.07, 6.45) is 6.35. The van der Waals surface area contributed by atoms with Crippen molar-refractivity contribution in [1.29, 1.82) is 0 Å². The minimum atomic E-state index is -0.635. The maximum Gasteiger partial charge on any atom is 0.313 e. The van der Waals surface area contributed by atoms with Gasteiger partial charge in [-0.05, 0) is 50.9 Å². The molecule has 8 heteroatoms. The highest BCUT2D eigenvalue weighted by molar-refractivity contribution is 6.01. The first-order valence-electron chi connectivity index (χ1n) is 11.4. The fourth-order valence-electron chi connectivity index (χ4n) is 4.84. The zero-order chi connectivity index (χ0) is 22.6. The highest BCUT2D eigenvalue weighted by atomic mass is 19.1. The topological polar surface area (TPSA) is 69.0 Å². The van der Waals surface area contributed by atoms with E-state index < -0.39 is 5.41 Å². The number of aromatic nitrogens is 2. The Labute approximate surface area is 188 Å². The summed E-state index contributed by atoms with van der Waals surface area (Å²) >= 11 is 0. The minimum absolute atomic E-state index is 0.160. The van der Waals surface area contributed by atoms with Crippen LogP contribution >= 0.6 is 0 Å². The number of aryl methyl sites for hydroxylation is 1. The number of benzene rings is 1. The van der Waals surface area contributed by atoms with Crippen LogP contribution in [0.3, 0.4) is 0 Å². The van der Waals surface area contributed by atoms with Crippen LogP contribution in [0.2, 0.25) is 0 Å². The van der Waals surface area contributed by atoms with Gasteiger partial charge in [-0.2, -0.15) is 0 Å². The number of carbonyl (C=O) groups excluding carboxylic acids is 1. The van der Waals surface area contributed by atoms with E-state index in [0.29, 0.717) is 26.0 Å². The molecule has 1 aromatic heterocycles. The summed E-state index contributed by atoms with van der Waals surface area (Å²) in [5.41, 5.74) is 2.14. The Hall–Kier alpha value is -2.74. The molecule has 1 aromatic carbocycles. The Bertz CT molecular complexity index is 958. The molecular weight excluding hydrogens is 411 g/mol. The van der Waals surface area contributed by atoms with Crippen LogP contribution in [0, 0.1) is 11.2 Å². The molecule has 1 fully saturated rings. The second-order valence-corrected chi connectivity index (χ2v) is 8.67. The second-order valence-electron chi connectivity index (χ2n) is 8.67. The molecule has 2 atom stereocenters. The SMILES string of the molecule is CCOC(=O)[C@@]1(C[C@@H]2CC(c3ccc(F)cc3)=NO2)CCCN(Cc2cncn2CC)C1. The van der Waals surface area contributed by atoms with Crippen molar-refractivity contribution in [1.82, 2.24) is 14.5 Å². The van der Waals surface area contributed by atoms with Gasteiger partial charge in [-0.1, -0.05) is 17.3 Å². The van der Waals surface area contributed by atoms with Crippen LogP contribution in [0.4, 0.5) is 4.39 Å². The normalized spacial score (nSPS) is 23.6. The maximum atomic E-state index is 13.3. The molecule has 3 heterocycles. The third-order valence-electron chi connectivity index (χ3n) is 6.42. The molecule has 0 saturated carbocycles. The van der Waals surface area contributed by atoms with Crippen molar-refractivity contribution in [3.63, 3.8) is 0 Å². The fourth-order valence-corrected chi connectivity index (χ4v) is 4.84. The van der Waals surface area contributed by atoms with Crippen LogP contribution < -0.4 is 0 Å². The number of halogens is 1. The molecule has 0 radical (unpaired) electrons. The predicted molar refractivity (Wildman–Crippen MR) is 119 cm³/mol. The first-order chi connectivity index (χ1) is 15.5. The van der Waals surface area contributed by atoms with E-state index in [2.05, 4.69) is 26.5 Å². The van der Waals surface area contributed by atoms with E-state index in [9.17, 15) is 9.18 Å². The first kappa shape index (κ1) is 22.5. The molecule has 4 rings (SSSR count). The number of nitrogens with zero attached hydrogens (tertiary/aromatic N) is 4. The van der Waals surface area contributed by atoms with Crippen molar-refractivity contribution in [2.45, 2.75) is 58.7 Å². The van der Waals surface area contributed by atoms with Crippen molar-refractivity contribution in [3.05, 3.63) is 53.9 Å². The number of oxime groups is 1. The number of carbonyl (C=O) groups is 1. The zero-order valence-corrected chi connectivity index (χ0v) is 18.8. The monoisotopic (exact) mass is 442 g/mol. The molecule has 7 nitrogen and oxygen atoms in total. The fraction of sp³-hybridized carbons (Fsp3) is 0.542. The van der Waals surface area contributed by atoms with Gasteiger partial charge < -0.3 is 14.1 Å². The lowest BCUT2D eigenvalue weighted by molar-refractivity contribution is -0.162. The van der Waals surface area contributed by atoms with Crippen molar-refractivity contribution in [2.75, 3.05) is 19.7 Å². The average molecular weight is 443 g/mol. The number of piperidine rings is 1. The smallest absolute Gasteiger partial charge is 0.313 e. The molecule has 2 aromatic rings. The van der Waals surface area contributed by atoms with E-state index in [-0.39, 0.29) is 17.9 Å². The van der Waals surface area contributed by atoms with Gasteiger partial charge in [0.1, 0.15) is 11.9 Å². The summed E-state index contributed by atoms with van der Waals surface area (Å²) in [4.78, 5) is 25.5. The number of hydrogen-bond donors (Lipinski definition) is 0. The van der Waals surface area contributed by atoms with Crippen LogP contribution in [0.1, 0.15) is 50.8 Å². The summed E-state index contributed by atoms with van der Waals surface area (Å²) in [5, 5.41) is 4.24. The Kier molecular flexibility index (Phi) is 6.89. The lowest BCUT2D eigenvalue weighted by Crippen LogP contribution is -2.50. The molecule has 0 aliphatic carbocycles. The van der Waals surface area contributed by atoms with E-state index in [1.165, 1.54) is 12.1 Å². The van der Waals surface area contributed by atoms with Gasteiger partial charge in [-0.15, -0.1) is 0 Å². The summed E-state index contributed by atoms with van der Waals surface area (Å²) in [7, 11) is 0. The Balaban J connectivity index is 1.47. The van der Waals surface area contributed by atoms with Crippen molar-refractivity contribution in [3.8, 4) is 0 Å². The van der Waals surface area contributed by atoms with Gasteiger partial charge in [0.2, 0.25) is 0 Å². The molecular formula is C24H31FN4O3. The van der Waals surface area contributed by atoms with Crippen molar-refractivity contribution >= 4 is 11.7 Å². The number of esters is 1. The average Bonchev–Trinajstić information content (AvgIpc) is 3.44. The number of likely N-dealkylation sites (tertiary alicyclic amines) is 1. The van der Waals surface area contributed by atoms with Gasteiger partial charge >= 0.3 is 5.97 Å². The number of imidazole rings is 1. The molecule has 0 unspecified atom stereocenters. The molecule has 2 aliphatic rings. The molecule has 0 spiro atoms. The largest absolute Gasteiger partial charge is 0.466 e. The summed E-state index contributed by atoms with van der Waals surface area (Å²) in [6, 6.07) is 6.26. The van der Waals surface area contributed by atoms with Crippen LogP contribution in [0.5, 0.6) is 0 Å². The van der Waals surface area contributed by atoms with Gasteiger partial charge in [-0.25, -0.2) is 9.37 Å². The van der Waals surface area contributed by atoms with Crippen molar-refractivity contribution < 1.29 is 18.8 Å². The molecule has 0 N–H and O–H groups in total. The van der Waals surface area contributed by atoms with E-state index >= 15 is 0 Å². The van der Waals surface area contributed by atoms with E-state index in [1.54, 1.807) is 12.1 Å². The van der Waals surface area contributed by atoms with Crippen LogP contribution in [-0.2, 0) is 27.5 Å². The standard InChI is InChI=1S/C24H31FN4O3/c1-3-29-17-26-14-20(29)15-28-11-5-10-24(16-28,23(30)31-4-2)13-21-12-22(27-32-21)18-6-8-19(25)9-7-18/h6-9,14,17,21H,3-5,10-13,15-16H2,1-2H3/t21-,24+/m0/s1. The predicted octanol–water partition coefficient (Wildman–Crippen LogP) is 3.77. The Morgan fingerprint density at radius 2 is 2.12 bits per heavy atom. The van der Waals surface area contributed by atoms with Crippen LogP contribution in [0.15, 0.2) is 41.9 Å². The Morgan fingerprint density at radius 3 is 2.88 bits per heavy atom. The number of rotatable bonds is 8.